The van der Waals surface area contributed by atoms with Gasteiger partial charge in [0.25, 0.3) is 0 Å². The first-order chi connectivity index (χ1) is 10.2. The molecule has 128 valence electrons. The van der Waals surface area contributed by atoms with Crippen LogP contribution in [0.4, 0.5) is 0 Å². The Morgan fingerprint density at radius 1 is 1.13 bits per heavy atom. The molecule has 1 aromatic rings. The van der Waals surface area contributed by atoms with Gasteiger partial charge in [0, 0.05) is 5.56 Å². The number of benzene rings is 1. The summed E-state index contributed by atoms with van der Waals surface area (Å²) in [4.78, 5) is 0. The Kier molecular flexibility index (Phi) is 5.83. The van der Waals surface area contributed by atoms with Crippen LogP contribution in [0.2, 0.25) is 10.0 Å². The van der Waals surface area contributed by atoms with Crippen molar-refractivity contribution in [2.75, 3.05) is 20.6 Å². The van der Waals surface area contributed by atoms with Gasteiger partial charge >= 0.3 is 0 Å². The maximum Gasteiger partial charge on any atom is 0.104 e. The van der Waals surface area contributed by atoms with Crippen molar-refractivity contribution < 1.29 is 28.5 Å². The average Bonchev–Trinajstić information content (AvgIpc) is 2.42. The van der Waals surface area contributed by atoms with E-state index < -0.39 is 0 Å². The molecular weight excluding hydrogens is 440 g/mol. The standard InChI is InChI=1S/C19H26Cl2N.HI/c1-19(2)15-7-6-14(16(19)10-15)12-22(3,4)11-13-5-8-17(20)18(21)9-13;/h5-6,8-9,15-16H,7,10-12H2,1-4H3;1H/q+1;/p-1/t15-,16-;/m0./s1. The predicted octanol–water partition coefficient (Wildman–Crippen LogP) is 2.57. The number of allylic oxidation sites excluding steroid dienone is 1. The number of nitrogens with zero attached hydrogens (tertiary/aromatic N) is 1. The van der Waals surface area contributed by atoms with Crippen molar-refractivity contribution in [3.05, 3.63) is 45.5 Å². The van der Waals surface area contributed by atoms with Gasteiger partial charge in [0.1, 0.15) is 13.1 Å². The van der Waals surface area contributed by atoms with Crippen molar-refractivity contribution >= 4 is 23.2 Å². The normalized spacial score (nSPS) is 25.2. The fraction of sp³-hybridized carbons (Fsp3) is 0.579. The van der Waals surface area contributed by atoms with E-state index in [9.17, 15) is 0 Å². The van der Waals surface area contributed by atoms with Crippen LogP contribution in [0.3, 0.4) is 0 Å². The number of rotatable bonds is 4. The van der Waals surface area contributed by atoms with Gasteiger partial charge in [-0.3, -0.25) is 0 Å². The Bertz CT molecular complexity index is 622. The minimum absolute atomic E-state index is 0. The first kappa shape index (κ1) is 19.6. The van der Waals surface area contributed by atoms with Crippen molar-refractivity contribution in [3.8, 4) is 0 Å². The smallest absolute Gasteiger partial charge is 0.104 e. The van der Waals surface area contributed by atoms with E-state index in [1.165, 1.54) is 18.4 Å². The Hall–Kier alpha value is 0.230. The van der Waals surface area contributed by atoms with Gasteiger partial charge in [-0.1, -0.05) is 49.2 Å². The van der Waals surface area contributed by atoms with E-state index in [1.807, 2.05) is 12.1 Å². The molecule has 1 aromatic carbocycles. The van der Waals surface area contributed by atoms with Crippen LogP contribution in [0, 0.1) is 17.3 Å². The summed E-state index contributed by atoms with van der Waals surface area (Å²) in [6.45, 7) is 6.99. The van der Waals surface area contributed by atoms with E-state index in [-0.39, 0.29) is 24.0 Å². The van der Waals surface area contributed by atoms with Crippen LogP contribution >= 0.6 is 23.2 Å². The molecule has 4 heteroatoms. The topological polar surface area (TPSA) is 0 Å². The summed E-state index contributed by atoms with van der Waals surface area (Å²) in [6, 6.07) is 5.99. The Labute approximate surface area is 167 Å². The lowest BCUT2D eigenvalue weighted by Gasteiger charge is -2.57. The molecule has 0 aromatic heterocycles. The molecule has 2 bridgehead atoms. The Morgan fingerprint density at radius 3 is 2.39 bits per heavy atom. The molecule has 1 fully saturated rings. The number of halogens is 3. The lowest BCUT2D eigenvalue weighted by molar-refractivity contribution is -0.899. The summed E-state index contributed by atoms with van der Waals surface area (Å²) in [5.74, 6) is 1.70. The Balaban J connectivity index is 0.00000192. The maximum atomic E-state index is 6.15. The minimum atomic E-state index is 0. The molecule has 1 nitrogen and oxygen atoms in total. The van der Waals surface area contributed by atoms with Gasteiger partial charge in [0.2, 0.25) is 0 Å². The molecule has 0 saturated heterocycles. The summed E-state index contributed by atoms with van der Waals surface area (Å²) in [5, 5.41) is 1.28. The van der Waals surface area contributed by atoms with Crippen LogP contribution in [-0.4, -0.2) is 25.1 Å². The van der Waals surface area contributed by atoms with Crippen molar-refractivity contribution in [1.82, 2.24) is 0 Å². The fourth-order valence-electron chi connectivity index (χ4n) is 4.34. The molecule has 0 heterocycles. The van der Waals surface area contributed by atoms with Gasteiger partial charge in [-0.25, -0.2) is 0 Å². The van der Waals surface area contributed by atoms with Gasteiger partial charge in [0.15, 0.2) is 0 Å². The fourth-order valence-corrected chi connectivity index (χ4v) is 4.66. The van der Waals surface area contributed by atoms with Gasteiger partial charge < -0.3 is 28.5 Å². The largest absolute Gasteiger partial charge is 1.00 e. The lowest BCUT2D eigenvalue weighted by atomic mass is 9.49. The quantitative estimate of drug-likeness (QED) is 0.364. The van der Waals surface area contributed by atoms with E-state index in [1.54, 1.807) is 5.57 Å². The highest BCUT2D eigenvalue weighted by Crippen LogP contribution is 2.59. The number of hydrogen-bond donors (Lipinski definition) is 0. The summed E-state index contributed by atoms with van der Waals surface area (Å²) in [6.07, 6.45) is 5.18. The number of quaternary nitrogens is 1. The highest BCUT2D eigenvalue weighted by molar-refractivity contribution is 6.42. The second-order valence-corrected chi connectivity index (χ2v) is 9.14. The van der Waals surface area contributed by atoms with Gasteiger partial charge in [-0.2, -0.15) is 0 Å². The summed E-state index contributed by atoms with van der Waals surface area (Å²) in [7, 11) is 4.61. The molecule has 0 amide bonds. The van der Waals surface area contributed by atoms with Crippen LogP contribution in [0.1, 0.15) is 32.3 Å². The van der Waals surface area contributed by atoms with Gasteiger partial charge in [-0.15, -0.1) is 0 Å². The third-order valence-corrected chi connectivity index (χ3v) is 6.53. The second-order valence-electron chi connectivity index (χ2n) is 8.32. The summed E-state index contributed by atoms with van der Waals surface area (Å²) < 4.78 is 0.959. The predicted molar refractivity (Wildman–Crippen MR) is 95.2 cm³/mol. The lowest BCUT2D eigenvalue weighted by Crippen LogP contribution is -3.00. The first-order valence-electron chi connectivity index (χ1n) is 8.14. The number of fused-ring (bicyclic) bond motifs is 1. The third-order valence-electron chi connectivity index (χ3n) is 5.79. The molecule has 0 spiro atoms. The highest BCUT2D eigenvalue weighted by atomic mass is 127. The van der Waals surface area contributed by atoms with E-state index in [2.05, 4.69) is 40.1 Å². The van der Waals surface area contributed by atoms with E-state index in [4.69, 9.17) is 23.2 Å². The molecule has 0 radical (unpaired) electrons. The van der Waals surface area contributed by atoms with Crippen LogP contribution in [0.25, 0.3) is 0 Å². The van der Waals surface area contributed by atoms with E-state index >= 15 is 0 Å². The molecule has 4 rings (SSSR count). The zero-order valence-corrected chi connectivity index (χ0v) is 18.0. The Morgan fingerprint density at radius 2 is 1.83 bits per heavy atom. The van der Waals surface area contributed by atoms with Crippen molar-refractivity contribution in [3.63, 3.8) is 0 Å². The third kappa shape index (κ3) is 3.91. The van der Waals surface area contributed by atoms with Crippen LogP contribution in [0.15, 0.2) is 29.8 Å². The monoisotopic (exact) mass is 465 g/mol. The zero-order valence-electron chi connectivity index (χ0n) is 14.4. The molecule has 23 heavy (non-hydrogen) atoms. The number of likely N-dealkylation sites (N-methyl/N-ethyl adjacent to an activating group) is 1. The van der Waals surface area contributed by atoms with Gasteiger partial charge in [0.05, 0.1) is 24.1 Å². The van der Waals surface area contributed by atoms with Crippen LogP contribution < -0.4 is 24.0 Å². The second kappa shape index (κ2) is 6.86. The molecular formula is C19H26Cl2IN. The number of hydrogen-bond acceptors (Lipinski definition) is 0. The van der Waals surface area contributed by atoms with Crippen LogP contribution in [0.5, 0.6) is 0 Å². The molecule has 2 atom stereocenters. The average molecular weight is 466 g/mol. The molecule has 0 unspecified atom stereocenters. The zero-order chi connectivity index (χ0) is 16.1. The summed E-state index contributed by atoms with van der Waals surface area (Å²) in [5.41, 5.74) is 3.42. The SMILES string of the molecule is CC1(C)[C@H]2CC=C(C[N+](C)(C)Cc3ccc(Cl)c(Cl)c3)[C@@H]1C2.[I-]. The first-order valence-corrected chi connectivity index (χ1v) is 8.89. The molecule has 1 saturated carbocycles. The molecule has 3 aliphatic rings. The van der Waals surface area contributed by atoms with E-state index in [0.717, 1.165) is 29.4 Å². The van der Waals surface area contributed by atoms with Gasteiger partial charge in [-0.05, 0) is 47.8 Å². The summed E-state index contributed by atoms with van der Waals surface area (Å²) >= 11 is 12.2. The maximum absolute atomic E-state index is 6.15. The minimum Gasteiger partial charge on any atom is -1.00 e. The molecule has 3 aliphatic carbocycles. The highest BCUT2D eigenvalue weighted by Gasteiger charge is 2.52. The van der Waals surface area contributed by atoms with E-state index in [0.29, 0.717) is 15.5 Å². The molecule has 0 N–H and O–H groups in total. The van der Waals surface area contributed by atoms with Crippen molar-refractivity contribution in [1.29, 1.82) is 0 Å². The van der Waals surface area contributed by atoms with Crippen molar-refractivity contribution in [2.24, 2.45) is 17.3 Å². The van der Waals surface area contributed by atoms with Crippen LogP contribution in [-0.2, 0) is 6.54 Å². The van der Waals surface area contributed by atoms with Crippen molar-refractivity contribution in [2.45, 2.75) is 33.2 Å². The molecule has 0 aliphatic heterocycles.